The molecule has 46 heavy (non-hydrogen) atoms. The smallest absolute Gasteiger partial charge is 0.162 e. The number of carbonyl (C=O) groups is 1. The number of fused-ring (bicyclic) bond motifs is 5. The Hall–Kier alpha value is -2.81. The van der Waals surface area contributed by atoms with Gasteiger partial charge < -0.3 is 5.11 Å². The molecule has 4 aromatic rings. The van der Waals surface area contributed by atoms with Crippen molar-refractivity contribution in [3.63, 3.8) is 0 Å². The van der Waals surface area contributed by atoms with Gasteiger partial charge in [0.25, 0.3) is 0 Å². The molecule has 0 bridgehead atoms. The monoisotopic (exact) mass is 797 g/mol. The number of hydrogen-bond acceptors (Lipinski definition) is 3. The molecule has 0 amide bonds. The minimum Gasteiger partial charge on any atom is -0.512 e. The standard InChI is InChI=1S/C29H30N.C13H24O2.Ir/c1-16-13-17(2)24-19(4)26-27(30-23(24)14-16)22-15-20-11-9-10-12-21(20)18(3)25(22)28(5,6)29(26,7)8;1-5-10(6-2)12(14)9-13(15)11(7-3)8-4;/h9-14H,1-8H3;9-11,14H,5-8H2,1-4H3;/q-1;;/b;12-9-;. The summed E-state index contributed by atoms with van der Waals surface area (Å²) in [5.41, 5.74) is 11.4. The van der Waals surface area contributed by atoms with Gasteiger partial charge in [0.05, 0.1) is 11.3 Å². The summed E-state index contributed by atoms with van der Waals surface area (Å²) in [5, 5.41) is 13.5. The fraction of sp³-hybridized carbons (Fsp3) is 0.476. The molecule has 1 aliphatic carbocycles. The second-order valence-corrected chi connectivity index (χ2v) is 14.2. The van der Waals surface area contributed by atoms with E-state index in [9.17, 15) is 9.90 Å². The minimum absolute atomic E-state index is 0. The first-order valence-corrected chi connectivity index (χ1v) is 17.0. The van der Waals surface area contributed by atoms with Crippen LogP contribution in [0.25, 0.3) is 32.9 Å². The maximum atomic E-state index is 11.7. The van der Waals surface area contributed by atoms with Gasteiger partial charge in [-0.25, -0.2) is 0 Å². The van der Waals surface area contributed by atoms with E-state index >= 15 is 0 Å². The van der Waals surface area contributed by atoms with E-state index in [1.165, 1.54) is 61.2 Å². The molecule has 1 heterocycles. The average Bonchev–Trinajstić information content (AvgIpc) is 2.97. The van der Waals surface area contributed by atoms with Crippen LogP contribution in [-0.2, 0) is 35.7 Å². The molecule has 1 N–H and O–H groups in total. The topological polar surface area (TPSA) is 50.2 Å². The minimum atomic E-state index is -0.0566. The summed E-state index contributed by atoms with van der Waals surface area (Å²) < 4.78 is 0. The Morgan fingerprint density at radius 3 is 2.00 bits per heavy atom. The number of ketones is 1. The van der Waals surface area contributed by atoms with E-state index in [0.717, 1.165) is 36.9 Å². The molecular formula is C42H54IrNO2-. The maximum Gasteiger partial charge on any atom is 0.162 e. The van der Waals surface area contributed by atoms with Crippen molar-refractivity contribution >= 4 is 27.5 Å². The van der Waals surface area contributed by atoms with Crippen LogP contribution in [0.2, 0.25) is 0 Å². The second-order valence-electron chi connectivity index (χ2n) is 14.2. The van der Waals surface area contributed by atoms with Crippen LogP contribution in [0.4, 0.5) is 0 Å². The van der Waals surface area contributed by atoms with Crippen LogP contribution < -0.4 is 0 Å². The molecule has 0 aliphatic heterocycles. The Labute approximate surface area is 291 Å². The maximum absolute atomic E-state index is 11.7. The molecular weight excluding hydrogens is 743 g/mol. The molecule has 0 spiro atoms. The SMILES string of the molecule is CCC(CC)C(=O)/C=C(\O)C(CC)CC.Cc1cc(C)c2c(C)c3c(nc2c1)-c1[c-]c2ccccc2c(C)c1C(C)(C)C3(C)C.[Ir]. The Bertz CT molecular complexity index is 1770. The number of benzene rings is 3. The van der Waals surface area contributed by atoms with Crippen molar-refractivity contribution in [2.45, 2.75) is 120 Å². The van der Waals surface area contributed by atoms with Gasteiger partial charge in [0.1, 0.15) is 0 Å². The summed E-state index contributed by atoms with van der Waals surface area (Å²) in [6.45, 7) is 26.6. The van der Waals surface area contributed by atoms with Crippen molar-refractivity contribution < 1.29 is 30.0 Å². The molecule has 0 saturated heterocycles. The van der Waals surface area contributed by atoms with Crippen LogP contribution in [-0.4, -0.2) is 15.9 Å². The van der Waals surface area contributed by atoms with Gasteiger partial charge in [-0.1, -0.05) is 103 Å². The first kappa shape index (κ1) is 37.6. The molecule has 1 aliphatic rings. The van der Waals surface area contributed by atoms with Crippen LogP contribution >= 0.6 is 0 Å². The third kappa shape index (κ3) is 6.50. The first-order valence-electron chi connectivity index (χ1n) is 17.0. The molecule has 0 unspecified atom stereocenters. The molecule has 1 aromatic heterocycles. The summed E-state index contributed by atoms with van der Waals surface area (Å²) >= 11 is 0. The molecule has 0 saturated carbocycles. The Morgan fingerprint density at radius 1 is 0.848 bits per heavy atom. The molecule has 1 radical (unpaired) electrons. The van der Waals surface area contributed by atoms with Gasteiger partial charge in [-0.05, 0) is 85.6 Å². The Kier molecular flexibility index (Phi) is 11.9. The van der Waals surface area contributed by atoms with Gasteiger partial charge in [0, 0.05) is 49.1 Å². The van der Waals surface area contributed by atoms with Gasteiger partial charge >= 0.3 is 0 Å². The van der Waals surface area contributed by atoms with Gasteiger partial charge in [-0.3, -0.25) is 9.78 Å². The second kappa shape index (κ2) is 14.5. The van der Waals surface area contributed by atoms with Crippen molar-refractivity contribution in [2.24, 2.45) is 11.8 Å². The summed E-state index contributed by atoms with van der Waals surface area (Å²) in [7, 11) is 0. The van der Waals surface area contributed by atoms with Crippen molar-refractivity contribution in [3.05, 3.63) is 87.7 Å². The molecule has 3 aromatic carbocycles. The summed E-state index contributed by atoms with van der Waals surface area (Å²) in [5.74, 6) is 0.547. The van der Waals surface area contributed by atoms with Crippen molar-refractivity contribution in [1.29, 1.82) is 0 Å². The van der Waals surface area contributed by atoms with Crippen molar-refractivity contribution in [3.8, 4) is 11.3 Å². The van der Waals surface area contributed by atoms with Gasteiger partial charge in [0.15, 0.2) is 5.78 Å². The third-order valence-electron chi connectivity index (χ3n) is 11.0. The zero-order valence-corrected chi connectivity index (χ0v) is 32.6. The third-order valence-corrected chi connectivity index (χ3v) is 11.0. The number of aromatic nitrogens is 1. The number of rotatable bonds is 7. The van der Waals surface area contributed by atoms with E-state index in [4.69, 9.17) is 4.98 Å². The average molecular weight is 797 g/mol. The van der Waals surface area contributed by atoms with E-state index in [2.05, 4.69) is 97.9 Å². The Balaban J connectivity index is 0.000000309. The van der Waals surface area contributed by atoms with Gasteiger partial charge in [-0.15, -0.1) is 23.1 Å². The number of pyridine rings is 1. The van der Waals surface area contributed by atoms with Crippen LogP contribution in [0, 0.1) is 45.6 Å². The zero-order valence-electron chi connectivity index (χ0n) is 30.2. The fourth-order valence-electron chi connectivity index (χ4n) is 7.75. The molecule has 3 nitrogen and oxygen atoms in total. The van der Waals surface area contributed by atoms with Crippen LogP contribution in [0.1, 0.15) is 114 Å². The quantitative estimate of drug-likeness (QED) is 0.115. The van der Waals surface area contributed by atoms with Crippen molar-refractivity contribution in [2.75, 3.05) is 0 Å². The summed E-state index contributed by atoms with van der Waals surface area (Å²) in [6, 6.07) is 17.0. The number of nitrogens with zero attached hydrogens (tertiary/aromatic N) is 1. The van der Waals surface area contributed by atoms with Gasteiger partial charge in [0.2, 0.25) is 0 Å². The normalized spacial score (nSPS) is 14.9. The first-order chi connectivity index (χ1) is 21.2. The molecule has 4 heteroatoms. The predicted octanol–water partition coefficient (Wildman–Crippen LogP) is 11.5. The Morgan fingerprint density at radius 2 is 1.41 bits per heavy atom. The van der Waals surface area contributed by atoms with Crippen molar-refractivity contribution in [1.82, 2.24) is 4.98 Å². The number of carbonyl (C=O) groups excluding carboxylic acids is 1. The van der Waals surface area contributed by atoms with E-state index in [1.807, 2.05) is 27.7 Å². The summed E-state index contributed by atoms with van der Waals surface area (Å²) in [4.78, 5) is 17.0. The van der Waals surface area contributed by atoms with Crippen LogP contribution in [0.5, 0.6) is 0 Å². The van der Waals surface area contributed by atoms with Crippen LogP contribution in [0.3, 0.4) is 0 Å². The molecule has 0 atom stereocenters. The van der Waals surface area contributed by atoms with E-state index < -0.39 is 0 Å². The molecule has 0 fully saturated rings. The number of hydrogen-bond donors (Lipinski definition) is 1. The number of aryl methyl sites for hydroxylation is 4. The number of aliphatic hydroxyl groups is 1. The van der Waals surface area contributed by atoms with E-state index in [1.54, 1.807) is 0 Å². The predicted molar refractivity (Wildman–Crippen MR) is 192 cm³/mol. The zero-order chi connectivity index (χ0) is 33.4. The molecule has 5 rings (SSSR count). The van der Waals surface area contributed by atoms with E-state index in [-0.39, 0.29) is 54.3 Å². The molecule has 249 valence electrons. The number of allylic oxidation sites excluding steroid dienone is 2. The largest absolute Gasteiger partial charge is 0.512 e. The fourth-order valence-corrected chi connectivity index (χ4v) is 7.75. The number of aliphatic hydroxyl groups excluding tert-OH is 1. The van der Waals surface area contributed by atoms with E-state index in [0.29, 0.717) is 0 Å². The van der Waals surface area contributed by atoms with Gasteiger partial charge in [-0.2, -0.15) is 0 Å². The van der Waals surface area contributed by atoms with Crippen LogP contribution in [0.15, 0.2) is 48.2 Å². The summed E-state index contributed by atoms with van der Waals surface area (Å²) in [6.07, 6.45) is 4.91.